The summed E-state index contributed by atoms with van der Waals surface area (Å²) in [7, 11) is 2.03. The highest BCUT2D eigenvalue weighted by molar-refractivity contribution is 9.10. The van der Waals surface area contributed by atoms with Gasteiger partial charge in [-0.2, -0.15) is 0 Å². The zero-order chi connectivity index (χ0) is 14.1. The first-order chi connectivity index (χ1) is 9.67. The van der Waals surface area contributed by atoms with E-state index >= 15 is 0 Å². The van der Waals surface area contributed by atoms with Gasteiger partial charge >= 0.3 is 0 Å². The summed E-state index contributed by atoms with van der Waals surface area (Å²) < 4.78 is 0.997. The number of nitrogens with zero attached hydrogens (tertiary/aromatic N) is 1. The van der Waals surface area contributed by atoms with E-state index < -0.39 is 0 Å². The predicted molar refractivity (Wildman–Crippen MR) is 85.2 cm³/mol. The molecule has 20 heavy (non-hydrogen) atoms. The molecule has 0 spiro atoms. The molecule has 3 rings (SSSR count). The van der Waals surface area contributed by atoms with E-state index in [-0.39, 0.29) is 5.91 Å². The van der Waals surface area contributed by atoms with Gasteiger partial charge in [0, 0.05) is 16.6 Å². The molecular formula is C15H20BrN3O. The monoisotopic (exact) mass is 337 g/mol. The SMILES string of the molecule is CNC1CCC(N2CC(=O)Nc3cc(Br)ccc32)CC1. The highest BCUT2D eigenvalue weighted by atomic mass is 79.9. The van der Waals surface area contributed by atoms with Crippen molar-refractivity contribution in [2.24, 2.45) is 0 Å². The van der Waals surface area contributed by atoms with Gasteiger partial charge in [-0.05, 0) is 50.9 Å². The Bertz CT molecular complexity index is 512. The Kier molecular flexibility index (Phi) is 3.98. The second-order valence-electron chi connectivity index (χ2n) is 5.63. The quantitative estimate of drug-likeness (QED) is 0.872. The van der Waals surface area contributed by atoms with Crippen molar-refractivity contribution in [3.63, 3.8) is 0 Å². The Morgan fingerprint density at radius 1 is 1.30 bits per heavy atom. The van der Waals surface area contributed by atoms with Crippen LogP contribution >= 0.6 is 15.9 Å². The summed E-state index contributed by atoms with van der Waals surface area (Å²) in [6, 6.07) is 7.24. The van der Waals surface area contributed by atoms with E-state index in [1.165, 1.54) is 12.8 Å². The van der Waals surface area contributed by atoms with Crippen LogP contribution in [0.4, 0.5) is 11.4 Å². The van der Waals surface area contributed by atoms with Gasteiger partial charge in [0.25, 0.3) is 0 Å². The second kappa shape index (κ2) is 5.74. The molecule has 1 aliphatic heterocycles. The van der Waals surface area contributed by atoms with E-state index in [0.29, 0.717) is 18.6 Å². The standard InChI is InChI=1S/C15H20BrN3O/c1-17-11-3-5-12(6-4-11)19-9-15(20)18-13-8-10(16)2-7-14(13)19/h2,7-8,11-12,17H,3-6,9H2,1H3,(H,18,20). The number of hydrogen-bond donors (Lipinski definition) is 2. The smallest absolute Gasteiger partial charge is 0.243 e. The topological polar surface area (TPSA) is 44.4 Å². The average molecular weight is 338 g/mol. The van der Waals surface area contributed by atoms with Crippen LogP contribution in [-0.2, 0) is 4.79 Å². The number of carbonyl (C=O) groups excluding carboxylic acids is 1. The van der Waals surface area contributed by atoms with Gasteiger partial charge < -0.3 is 15.5 Å². The summed E-state index contributed by atoms with van der Waals surface area (Å²) in [5.74, 6) is 0.0892. The van der Waals surface area contributed by atoms with Crippen LogP contribution in [0.3, 0.4) is 0 Å². The maximum absolute atomic E-state index is 11.9. The molecule has 0 radical (unpaired) electrons. The van der Waals surface area contributed by atoms with Gasteiger partial charge in [-0.3, -0.25) is 4.79 Å². The molecule has 1 saturated carbocycles. The minimum absolute atomic E-state index is 0.0892. The van der Waals surface area contributed by atoms with Gasteiger partial charge in [0.05, 0.1) is 17.9 Å². The number of rotatable bonds is 2. The second-order valence-corrected chi connectivity index (χ2v) is 6.55. The Balaban J connectivity index is 1.82. The van der Waals surface area contributed by atoms with Gasteiger partial charge in [0.15, 0.2) is 0 Å². The number of hydrogen-bond acceptors (Lipinski definition) is 3. The van der Waals surface area contributed by atoms with Crippen LogP contribution in [0.2, 0.25) is 0 Å². The van der Waals surface area contributed by atoms with E-state index in [0.717, 1.165) is 28.7 Å². The van der Waals surface area contributed by atoms with E-state index in [2.05, 4.69) is 37.5 Å². The van der Waals surface area contributed by atoms with Gasteiger partial charge in [-0.15, -0.1) is 0 Å². The number of anilines is 2. The van der Waals surface area contributed by atoms with Crippen molar-refractivity contribution in [2.45, 2.75) is 37.8 Å². The van der Waals surface area contributed by atoms with Crippen LogP contribution in [0.5, 0.6) is 0 Å². The molecular weight excluding hydrogens is 318 g/mol. The highest BCUT2D eigenvalue weighted by Gasteiger charge is 2.30. The largest absolute Gasteiger partial charge is 0.358 e. The summed E-state index contributed by atoms with van der Waals surface area (Å²) in [6.07, 6.45) is 4.67. The number of halogens is 1. The molecule has 0 bridgehead atoms. The first-order valence-electron chi connectivity index (χ1n) is 7.20. The predicted octanol–water partition coefficient (Wildman–Crippen LogP) is 2.74. The van der Waals surface area contributed by atoms with Crippen molar-refractivity contribution in [3.8, 4) is 0 Å². The summed E-state index contributed by atoms with van der Waals surface area (Å²) in [5.41, 5.74) is 2.08. The Labute approximate surface area is 128 Å². The molecule has 1 heterocycles. The lowest BCUT2D eigenvalue weighted by atomic mass is 9.89. The van der Waals surface area contributed by atoms with Gasteiger partial charge in [0.1, 0.15) is 0 Å². The van der Waals surface area contributed by atoms with Crippen LogP contribution in [0.1, 0.15) is 25.7 Å². The minimum atomic E-state index is 0.0892. The molecule has 1 aliphatic carbocycles. The summed E-state index contributed by atoms with van der Waals surface area (Å²) in [4.78, 5) is 14.2. The Hall–Kier alpha value is -1.07. The molecule has 0 atom stereocenters. The van der Waals surface area contributed by atoms with Crippen molar-refractivity contribution in [2.75, 3.05) is 23.8 Å². The highest BCUT2D eigenvalue weighted by Crippen LogP contribution is 2.36. The fourth-order valence-electron chi connectivity index (χ4n) is 3.29. The molecule has 1 aromatic carbocycles. The molecule has 2 aliphatic rings. The summed E-state index contributed by atoms with van der Waals surface area (Å²) >= 11 is 3.47. The number of benzene rings is 1. The Morgan fingerprint density at radius 3 is 2.75 bits per heavy atom. The average Bonchev–Trinajstić information content (AvgIpc) is 2.46. The molecule has 1 fully saturated rings. The lowest BCUT2D eigenvalue weighted by Crippen LogP contribution is -2.47. The maximum Gasteiger partial charge on any atom is 0.243 e. The molecule has 0 saturated heterocycles. The number of fused-ring (bicyclic) bond motifs is 1. The first-order valence-corrected chi connectivity index (χ1v) is 8.00. The van der Waals surface area contributed by atoms with E-state index in [9.17, 15) is 4.79 Å². The third kappa shape index (κ3) is 2.69. The van der Waals surface area contributed by atoms with Gasteiger partial charge in [-0.1, -0.05) is 15.9 Å². The van der Waals surface area contributed by atoms with Crippen LogP contribution in [-0.4, -0.2) is 31.6 Å². The van der Waals surface area contributed by atoms with Crippen molar-refractivity contribution in [3.05, 3.63) is 22.7 Å². The van der Waals surface area contributed by atoms with Crippen LogP contribution in [0.25, 0.3) is 0 Å². The molecule has 0 aromatic heterocycles. The van der Waals surface area contributed by atoms with Crippen LogP contribution in [0.15, 0.2) is 22.7 Å². The maximum atomic E-state index is 11.9. The van der Waals surface area contributed by atoms with Gasteiger partial charge in [0.2, 0.25) is 5.91 Å². The molecule has 1 amide bonds. The van der Waals surface area contributed by atoms with Gasteiger partial charge in [-0.25, -0.2) is 0 Å². The number of amides is 1. The number of nitrogens with one attached hydrogen (secondary N) is 2. The summed E-state index contributed by atoms with van der Waals surface area (Å²) in [6.45, 7) is 0.476. The van der Waals surface area contributed by atoms with Crippen molar-refractivity contribution < 1.29 is 4.79 Å². The van der Waals surface area contributed by atoms with Crippen LogP contribution in [0, 0.1) is 0 Å². The molecule has 108 valence electrons. The molecule has 2 N–H and O–H groups in total. The zero-order valence-corrected chi connectivity index (χ0v) is 13.2. The van der Waals surface area contributed by atoms with Crippen molar-refractivity contribution >= 4 is 33.2 Å². The molecule has 0 unspecified atom stereocenters. The normalized spacial score (nSPS) is 26.1. The van der Waals surface area contributed by atoms with Crippen LogP contribution < -0.4 is 15.5 Å². The van der Waals surface area contributed by atoms with E-state index in [1.807, 2.05) is 19.2 Å². The minimum Gasteiger partial charge on any atom is -0.358 e. The third-order valence-electron chi connectivity index (χ3n) is 4.40. The van der Waals surface area contributed by atoms with E-state index in [4.69, 9.17) is 0 Å². The van der Waals surface area contributed by atoms with Crippen molar-refractivity contribution in [1.82, 2.24) is 5.32 Å². The lowest BCUT2D eigenvalue weighted by Gasteiger charge is -2.40. The van der Waals surface area contributed by atoms with Crippen molar-refractivity contribution in [1.29, 1.82) is 0 Å². The Morgan fingerprint density at radius 2 is 2.05 bits per heavy atom. The lowest BCUT2D eigenvalue weighted by molar-refractivity contribution is -0.115. The fraction of sp³-hybridized carbons (Fsp3) is 0.533. The number of carbonyl (C=O) groups is 1. The fourth-order valence-corrected chi connectivity index (χ4v) is 3.65. The molecule has 1 aromatic rings. The first kappa shape index (κ1) is 13.9. The summed E-state index contributed by atoms with van der Waals surface area (Å²) in [5, 5.41) is 6.33. The van der Waals surface area contributed by atoms with E-state index in [1.54, 1.807) is 0 Å². The molecule has 5 heteroatoms. The third-order valence-corrected chi connectivity index (χ3v) is 4.90. The zero-order valence-electron chi connectivity index (χ0n) is 11.7. The molecule has 4 nitrogen and oxygen atoms in total.